The van der Waals surface area contributed by atoms with Crippen LogP contribution in [0.15, 0.2) is 42.5 Å². The third-order valence-electron chi connectivity index (χ3n) is 9.88. The molecule has 0 amide bonds. The third kappa shape index (κ3) is 3.59. The molecule has 5 aliphatic rings. The van der Waals surface area contributed by atoms with Gasteiger partial charge in [-0.05, 0) is 80.7 Å². The summed E-state index contributed by atoms with van der Waals surface area (Å²) in [7, 11) is -3.63. The van der Waals surface area contributed by atoms with Crippen molar-refractivity contribution < 1.29 is 22.7 Å². The van der Waals surface area contributed by atoms with E-state index in [1.165, 1.54) is 25.3 Å². The molecule has 3 aliphatic carbocycles. The molecule has 2 saturated carbocycles. The van der Waals surface area contributed by atoms with Crippen molar-refractivity contribution >= 4 is 16.0 Å². The molecule has 8 heteroatoms. The maximum atomic E-state index is 13.5. The Kier molecular flexibility index (Phi) is 5.53. The summed E-state index contributed by atoms with van der Waals surface area (Å²) in [5, 5.41) is 0. The molecule has 1 N–H and O–H groups in total. The number of esters is 1. The van der Waals surface area contributed by atoms with Crippen LogP contribution in [0.1, 0.15) is 61.3 Å². The average Bonchev–Trinajstić information content (AvgIpc) is 3.61. The van der Waals surface area contributed by atoms with Gasteiger partial charge in [0, 0.05) is 19.0 Å². The SMILES string of the molecule is CC(=O)O[C@@]12CC[C@H](NS(=O)(=O)Cc3ccccc3C)[C@@H]3Oc4cccc5c4[C@@]31CCN(CC1CC1)[C@@H]2C5. The van der Waals surface area contributed by atoms with Gasteiger partial charge in [0.05, 0.1) is 23.3 Å². The molecule has 2 aromatic rings. The number of aryl methyl sites for hydroxylation is 1. The minimum absolute atomic E-state index is 0.0669. The van der Waals surface area contributed by atoms with Gasteiger partial charge in [0.2, 0.25) is 10.0 Å². The molecule has 0 unspecified atom stereocenters. The van der Waals surface area contributed by atoms with E-state index in [-0.39, 0.29) is 17.8 Å². The topological polar surface area (TPSA) is 84.9 Å². The summed E-state index contributed by atoms with van der Waals surface area (Å²) in [6.45, 7) is 5.39. The summed E-state index contributed by atoms with van der Waals surface area (Å²) in [4.78, 5) is 15.3. The molecule has 7 rings (SSSR count). The smallest absolute Gasteiger partial charge is 0.303 e. The van der Waals surface area contributed by atoms with E-state index in [0.29, 0.717) is 12.8 Å². The molecule has 1 saturated heterocycles. The Morgan fingerprint density at radius 2 is 1.95 bits per heavy atom. The maximum Gasteiger partial charge on any atom is 0.303 e. The summed E-state index contributed by atoms with van der Waals surface area (Å²) in [5.74, 6) is 1.21. The van der Waals surface area contributed by atoms with Crippen LogP contribution in [-0.4, -0.2) is 56.2 Å². The lowest BCUT2D eigenvalue weighted by molar-refractivity contribution is -0.218. The Bertz CT molecular complexity index is 1410. The highest BCUT2D eigenvalue weighted by molar-refractivity contribution is 7.88. The van der Waals surface area contributed by atoms with Crippen LogP contribution in [0.5, 0.6) is 5.75 Å². The van der Waals surface area contributed by atoms with E-state index in [0.717, 1.165) is 54.3 Å². The van der Waals surface area contributed by atoms with Crippen molar-refractivity contribution in [2.45, 2.75) is 87.3 Å². The molecular weight excluding hydrogens is 500 g/mol. The van der Waals surface area contributed by atoms with Gasteiger partial charge in [-0.1, -0.05) is 36.4 Å². The van der Waals surface area contributed by atoms with Crippen molar-refractivity contribution in [3.8, 4) is 5.75 Å². The number of nitrogens with zero attached hydrogens (tertiary/aromatic N) is 1. The molecule has 5 atom stereocenters. The van der Waals surface area contributed by atoms with Crippen molar-refractivity contribution in [2.75, 3.05) is 13.1 Å². The van der Waals surface area contributed by atoms with Crippen LogP contribution in [0.2, 0.25) is 0 Å². The molecule has 1 spiro atoms. The molecule has 2 heterocycles. The molecule has 0 radical (unpaired) electrons. The first-order chi connectivity index (χ1) is 18.2. The van der Waals surface area contributed by atoms with Crippen LogP contribution in [0.25, 0.3) is 0 Å². The standard InChI is InChI=1S/C30H36N2O5S/c1-19-6-3-4-7-23(19)18-38(34,35)31-24-12-13-30(37-20(2)33)26-16-22-8-5-9-25-27(22)29(30,28(24)36-25)14-15-32(26)17-21-10-11-21/h3-9,21,24,26,28,31H,10-18H2,1-2H3/t24-,26+,28-,29-,30+/m0/s1. The van der Waals surface area contributed by atoms with Gasteiger partial charge in [0.25, 0.3) is 0 Å². The van der Waals surface area contributed by atoms with Crippen LogP contribution in [-0.2, 0) is 37.1 Å². The van der Waals surface area contributed by atoms with E-state index >= 15 is 0 Å². The lowest BCUT2D eigenvalue weighted by Crippen LogP contribution is -2.79. The fourth-order valence-corrected chi connectivity index (χ4v) is 9.78. The van der Waals surface area contributed by atoms with Crippen molar-refractivity contribution in [1.82, 2.24) is 9.62 Å². The quantitative estimate of drug-likeness (QED) is 0.545. The first-order valence-corrected chi connectivity index (χ1v) is 15.6. The number of rotatable bonds is 7. The second kappa shape index (κ2) is 8.54. The van der Waals surface area contributed by atoms with Crippen LogP contribution >= 0.6 is 0 Å². The van der Waals surface area contributed by atoms with Crippen LogP contribution in [0, 0.1) is 12.8 Å². The molecular formula is C30H36N2O5S. The van der Waals surface area contributed by atoms with Crippen molar-refractivity contribution in [3.05, 3.63) is 64.7 Å². The molecule has 2 aromatic carbocycles. The van der Waals surface area contributed by atoms with Crippen molar-refractivity contribution in [3.63, 3.8) is 0 Å². The van der Waals surface area contributed by atoms with Gasteiger partial charge in [-0.2, -0.15) is 0 Å². The number of nitrogens with one attached hydrogen (secondary N) is 1. The zero-order valence-electron chi connectivity index (χ0n) is 22.1. The Morgan fingerprint density at radius 3 is 2.71 bits per heavy atom. The summed E-state index contributed by atoms with van der Waals surface area (Å²) in [6.07, 6.45) is 4.90. The van der Waals surface area contributed by atoms with E-state index in [4.69, 9.17) is 9.47 Å². The number of carbonyl (C=O) groups is 1. The average molecular weight is 537 g/mol. The van der Waals surface area contributed by atoms with Gasteiger partial charge in [-0.15, -0.1) is 0 Å². The van der Waals surface area contributed by atoms with E-state index < -0.39 is 33.2 Å². The van der Waals surface area contributed by atoms with Gasteiger partial charge >= 0.3 is 5.97 Å². The molecule has 3 fully saturated rings. The number of sulfonamides is 1. The fraction of sp³-hybridized carbons (Fsp3) is 0.567. The van der Waals surface area contributed by atoms with Crippen LogP contribution < -0.4 is 9.46 Å². The minimum Gasteiger partial charge on any atom is -0.487 e. The maximum absolute atomic E-state index is 13.5. The van der Waals surface area contributed by atoms with Crippen LogP contribution in [0.4, 0.5) is 0 Å². The second-order valence-corrected chi connectivity index (χ2v) is 13.9. The number of hydrogen-bond donors (Lipinski definition) is 1. The number of benzene rings is 2. The number of carbonyl (C=O) groups excluding carboxylic acids is 1. The Balaban J connectivity index is 1.29. The molecule has 2 aliphatic heterocycles. The van der Waals surface area contributed by atoms with Gasteiger partial charge in [-0.3, -0.25) is 9.69 Å². The molecule has 202 valence electrons. The van der Waals surface area contributed by atoms with E-state index in [2.05, 4.69) is 15.7 Å². The summed E-state index contributed by atoms with van der Waals surface area (Å²) < 4.78 is 43.2. The number of likely N-dealkylation sites (tertiary alicyclic amines) is 1. The Morgan fingerprint density at radius 1 is 1.13 bits per heavy atom. The first-order valence-electron chi connectivity index (χ1n) is 14.0. The van der Waals surface area contributed by atoms with Gasteiger partial charge in [0.1, 0.15) is 17.5 Å². The Hall–Kier alpha value is -2.42. The van der Waals surface area contributed by atoms with Crippen molar-refractivity contribution in [2.24, 2.45) is 5.92 Å². The summed E-state index contributed by atoms with van der Waals surface area (Å²) in [6, 6.07) is 13.5. The summed E-state index contributed by atoms with van der Waals surface area (Å²) >= 11 is 0. The fourth-order valence-electron chi connectivity index (χ4n) is 8.26. The number of hydrogen-bond acceptors (Lipinski definition) is 6. The highest BCUT2D eigenvalue weighted by Gasteiger charge is 2.75. The third-order valence-corrected chi connectivity index (χ3v) is 11.2. The highest BCUT2D eigenvalue weighted by atomic mass is 32.2. The predicted octanol–water partition coefficient (Wildman–Crippen LogP) is 3.62. The van der Waals surface area contributed by atoms with Gasteiger partial charge in [-0.25, -0.2) is 13.1 Å². The summed E-state index contributed by atoms with van der Waals surface area (Å²) in [5.41, 5.74) is 2.86. The predicted molar refractivity (Wildman–Crippen MR) is 143 cm³/mol. The van der Waals surface area contributed by atoms with E-state index in [1.54, 1.807) is 0 Å². The molecule has 7 nitrogen and oxygen atoms in total. The molecule has 38 heavy (non-hydrogen) atoms. The minimum atomic E-state index is -3.63. The van der Waals surface area contributed by atoms with Crippen molar-refractivity contribution in [1.29, 1.82) is 0 Å². The monoisotopic (exact) mass is 536 g/mol. The zero-order chi connectivity index (χ0) is 26.3. The Labute approximate surface area is 224 Å². The number of ether oxygens (including phenoxy) is 2. The van der Waals surface area contributed by atoms with Gasteiger partial charge in [0.15, 0.2) is 0 Å². The number of piperidine rings is 1. The van der Waals surface area contributed by atoms with Gasteiger partial charge < -0.3 is 9.47 Å². The second-order valence-electron chi connectivity index (χ2n) is 12.1. The lowest BCUT2D eigenvalue weighted by Gasteiger charge is -2.65. The normalized spacial score (nSPS) is 33.4. The molecule has 2 bridgehead atoms. The zero-order valence-corrected chi connectivity index (χ0v) is 22.9. The molecule has 0 aromatic heterocycles. The van der Waals surface area contributed by atoms with Crippen LogP contribution in [0.3, 0.4) is 0 Å². The highest BCUT2D eigenvalue weighted by Crippen LogP contribution is 2.65. The van der Waals surface area contributed by atoms with E-state index in [9.17, 15) is 13.2 Å². The first kappa shape index (κ1) is 24.6. The largest absolute Gasteiger partial charge is 0.487 e. The lowest BCUT2D eigenvalue weighted by atomic mass is 9.48. The van der Waals surface area contributed by atoms with E-state index in [1.807, 2.05) is 43.3 Å².